The van der Waals surface area contributed by atoms with Crippen molar-refractivity contribution < 1.29 is 22.5 Å². The molecule has 0 saturated carbocycles. The Morgan fingerprint density at radius 2 is 1.77 bits per heavy atom. The van der Waals surface area contributed by atoms with E-state index in [0.29, 0.717) is 0 Å². The van der Waals surface area contributed by atoms with Crippen molar-refractivity contribution in [1.29, 1.82) is 0 Å². The monoisotopic (exact) mass is 206 g/mol. The normalized spacial score (nSPS) is 11.0. The van der Waals surface area contributed by atoms with E-state index < -0.39 is 15.0 Å². The average molecular weight is 206 g/mol. The van der Waals surface area contributed by atoms with Crippen molar-refractivity contribution in [2.45, 2.75) is 6.42 Å². The van der Waals surface area contributed by atoms with Gasteiger partial charge in [0.1, 0.15) is 0 Å². The zero-order valence-electron chi connectivity index (χ0n) is 8.03. The highest BCUT2D eigenvalue weighted by atomic mass is 28.4. The Balaban J connectivity index is 4.23. The van der Waals surface area contributed by atoms with Gasteiger partial charge in [-0.2, -0.15) is 0 Å². The van der Waals surface area contributed by atoms with Gasteiger partial charge in [0.25, 0.3) is 0 Å². The molecule has 0 radical (unpaired) electrons. The lowest BCUT2D eigenvalue weighted by Crippen LogP contribution is -2.47. The molecule has 6 heteroatoms. The third-order valence-electron chi connectivity index (χ3n) is 1.30. The highest BCUT2D eigenvalue weighted by molar-refractivity contribution is 6.55. The number of hydrogen-bond donors (Lipinski definition) is 0. The van der Waals surface area contributed by atoms with Crippen LogP contribution in [-0.2, 0) is 22.5 Å². The SMILES string of the molecule is C=CCC(=O)O[Si](OC)(OC)OC. The molecule has 0 rings (SSSR count). The first-order chi connectivity index (χ1) is 6.14. The van der Waals surface area contributed by atoms with Crippen LogP contribution in [0, 0.1) is 0 Å². The molecule has 0 fully saturated rings. The maximum absolute atomic E-state index is 11.0. The summed E-state index contributed by atoms with van der Waals surface area (Å²) < 4.78 is 19.5. The molecule has 76 valence electrons. The van der Waals surface area contributed by atoms with Crippen LogP contribution >= 0.6 is 0 Å². The molecule has 13 heavy (non-hydrogen) atoms. The first kappa shape index (κ1) is 12.3. The lowest BCUT2D eigenvalue weighted by molar-refractivity contribution is -0.141. The molecule has 0 unspecified atom stereocenters. The van der Waals surface area contributed by atoms with E-state index in [0.717, 1.165) is 0 Å². The van der Waals surface area contributed by atoms with E-state index in [1.807, 2.05) is 0 Å². The molecule has 0 atom stereocenters. The van der Waals surface area contributed by atoms with Crippen LogP contribution < -0.4 is 0 Å². The summed E-state index contributed by atoms with van der Waals surface area (Å²) in [5.74, 6) is -0.479. The summed E-state index contributed by atoms with van der Waals surface area (Å²) in [7, 11) is 0.870. The maximum atomic E-state index is 11.0. The van der Waals surface area contributed by atoms with E-state index in [1.165, 1.54) is 27.4 Å². The van der Waals surface area contributed by atoms with Gasteiger partial charge in [-0.3, -0.25) is 4.79 Å². The summed E-state index contributed by atoms with van der Waals surface area (Å²) >= 11 is 0. The van der Waals surface area contributed by atoms with E-state index >= 15 is 0 Å². The highest BCUT2D eigenvalue weighted by Gasteiger charge is 2.46. The molecule has 0 aliphatic carbocycles. The molecule has 0 amide bonds. The van der Waals surface area contributed by atoms with Gasteiger partial charge in [0.2, 0.25) is 0 Å². The summed E-state index contributed by atoms with van der Waals surface area (Å²) in [6.45, 7) is 3.40. The predicted octanol–water partition coefficient (Wildman–Crippen LogP) is 0.480. The Morgan fingerprint density at radius 3 is 2.08 bits per heavy atom. The van der Waals surface area contributed by atoms with Crippen molar-refractivity contribution in [3.63, 3.8) is 0 Å². The molecule has 0 aromatic carbocycles. The topological polar surface area (TPSA) is 54.0 Å². The van der Waals surface area contributed by atoms with Crippen molar-refractivity contribution in [3.8, 4) is 0 Å². The number of carbonyl (C=O) groups is 1. The number of rotatable bonds is 6. The fraction of sp³-hybridized carbons (Fsp3) is 0.571. The van der Waals surface area contributed by atoms with Gasteiger partial charge in [-0.1, -0.05) is 6.08 Å². The maximum Gasteiger partial charge on any atom is 0.750 e. The van der Waals surface area contributed by atoms with Gasteiger partial charge in [0.05, 0.1) is 6.42 Å². The lowest BCUT2D eigenvalue weighted by Gasteiger charge is -2.21. The lowest BCUT2D eigenvalue weighted by atomic mass is 10.4. The third-order valence-corrected chi connectivity index (χ3v) is 3.28. The van der Waals surface area contributed by atoms with Gasteiger partial charge < -0.3 is 17.7 Å². The van der Waals surface area contributed by atoms with Gasteiger partial charge in [-0.05, 0) is 0 Å². The molecule has 0 aromatic rings. The Morgan fingerprint density at radius 1 is 1.31 bits per heavy atom. The second kappa shape index (κ2) is 5.87. The van der Waals surface area contributed by atoms with E-state index in [-0.39, 0.29) is 6.42 Å². The molecular formula is C7H14O5Si. The number of hydrogen-bond acceptors (Lipinski definition) is 5. The summed E-state index contributed by atoms with van der Waals surface area (Å²) in [4.78, 5) is 11.0. The highest BCUT2D eigenvalue weighted by Crippen LogP contribution is 2.08. The van der Waals surface area contributed by atoms with Crippen LogP contribution in [0.1, 0.15) is 6.42 Å². The first-order valence-corrected chi connectivity index (χ1v) is 5.25. The molecule has 0 aliphatic heterocycles. The summed E-state index contributed by atoms with van der Waals surface area (Å²) in [6, 6.07) is 0. The molecule has 5 nitrogen and oxygen atoms in total. The van der Waals surface area contributed by atoms with Gasteiger partial charge >= 0.3 is 15.0 Å². The number of carbonyl (C=O) groups excluding carboxylic acids is 1. The molecule has 0 saturated heterocycles. The predicted molar refractivity (Wildman–Crippen MR) is 47.7 cm³/mol. The zero-order chi connectivity index (χ0) is 10.3. The summed E-state index contributed by atoms with van der Waals surface area (Å²) in [5, 5.41) is 0. The van der Waals surface area contributed by atoms with Crippen molar-refractivity contribution in [1.82, 2.24) is 0 Å². The smallest absolute Gasteiger partial charge is 0.452 e. The van der Waals surface area contributed by atoms with Crippen molar-refractivity contribution >= 4 is 15.0 Å². The Kier molecular flexibility index (Phi) is 5.56. The van der Waals surface area contributed by atoms with Gasteiger partial charge in [-0.25, -0.2) is 0 Å². The van der Waals surface area contributed by atoms with Gasteiger partial charge in [-0.15, -0.1) is 6.58 Å². The van der Waals surface area contributed by atoms with E-state index in [9.17, 15) is 4.79 Å². The van der Waals surface area contributed by atoms with E-state index in [4.69, 9.17) is 17.7 Å². The minimum atomic E-state index is -3.22. The minimum Gasteiger partial charge on any atom is -0.452 e. The first-order valence-electron chi connectivity index (χ1n) is 3.62. The van der Waals surface area contributed by atoms with E-state index in [1.54, 1.807) is 0 Å². The van der Waals surface area contributed by atoms with Crippen LogP contribution in [0.25, 0.3) is 0 Å². The second-order valence-corrected chi connectivity index (χ2v) is 4.51. The van der Waals surface area contributed by atoms with Crippen LogP contribution in [0.15, 0.2) is 12.7 Å². The zero-order valence-corrected chi connectivity index (χ0v) is 9.03. The Hall–Kier alpha value is -0.693. The van der Waals surface area contributed by atoms with Crippen molar-refractivity contribution in [3.05, 3.63) is 12.7 Å². The standard InChI is InChI=1S/C7H14O5Si/c1-5-6-7(8)12-13(9-2,10-3)11-4/h5H,1,6H2,2-4H3. The summed E-state index contributed by atoms with van der Waals surface area (Å²) in [5.41, 5.74) is 0. The summed E-state index contributed by atoms with van der Waals surface area (Å²) in [6.07, 6.45) is 1.54. The minimum absolute atomic E-state index is 0.102. The van der Waals surface area contributed by atoms with Gasteiger partial charge in [0, 0.05) is 21.3 Å². The van der Waals surface area contributed by atoms with Crippen molar-refractivity contribution in [2.24, 2.45) is 0 Å². The largest absolute Gasteiger partial charge is 0.750 e. The fourth-order valence-electron chi connectivity index (χ4n) is 0.674. The average Bonchev–Trinajstić information content (AvgIpc) is 2.15. The van der Waals surface area contributed by atoms with E-state index in [2.05, 4.69) is 6.58 Å². The van der Waals surface area contributed by atoms with Crippen LogP contribution in [0.5, 0.6) is 0 Å². The van der Waals surface area contributed by atoms with Crippen LogP contribution in [0.4, 0.5) is 0 Å². The molecule has 0 aromatic heterocycles. The van der Waals surface area contributed by atoms with Crippen LogP contribution in [0.2, 0.25) is 0 Å². The Bertz CT molecular complexity index is 169. The van der Waals surface area contributed by atoms with Crippen LogP contribution in [-0.4, -0.2) is 36.3 Å². The second-order valence-electron chi connectivity index (χ2n) is 2.08. The fourth-order valence-corrected chi connectivity index (χ4v) is 1.79. The van der Waals surface area contributed by atoms with Crippen LogP contribution in [0.3, 0.4) is 0 Å². The molecule has 0 N–H and O–H groups in total. The van der Waals surface area contributed by atoms with Gasteiger partial charge in [0.15, 0.2) is 0 Å². The molecule has 0 bridgehead atoms. The quantitative estimate of drug-likeness (QED) is 0.467. The molecule has 0 heterocycles. The molecule has 0 spiro atoms. The van der Waals surface area contributed by atoms with Crippen molar-refractivity contribution in [2.75, 3.05) is 21.3 Å². The Labute approximate surface area is 78.7 Å². The molecule has 0 aliphatic rings. The third kappa shape index (κ3) is 3.68. The molecular weight excluding hydrogens is 192 g/mol.